The largest absolute Gasteiger partial charge is 0.491 e. The number of aromatic nitrogens is 1. The highest BCUT2D eigenvalue weighted by Gasteiger charge is 2.22. The molecule has 0 spiro atoms. The fraction of sp³-hybridized carbons (Fsp3) is 0.385. The lowest BCUT2D eigenvalue weighted by Crippen LogP contribution is -2.40. The van der Waals surface area contributed by atoms with Crippen molar-refractivity contribution in [3.63, 3.8) is 0 Å². The zero-order valence-electron chi connectivity index (χ0n) is 18.7. The summed E-state index contributed by atoms with van der Waals surface area (Å²) in [6.45, 7) is 4.12. The van der Waals surface area contributed by atoms with Gasteiger partial charge in [-0.15, -0.1) is 0 Å². The number of hydrogen-bond acceptors (Lipinski definition) is 4. The van der Waals surface area contributed by atoms with Gasteiger partial charge in [-0.2, -0.15) is 0 Å². The molecule has 3 heterocycles. The Balaban J connectivity index is 1.24. The van der Waals surface area contributed by atoms with Crippen molar-refractivity contribution in [3.8, 4) is 5.75 Å². The first-order valence-corrected chi connectivity index (χ1v) is 11.6. The van der Waals surface area contributed by atoms with Gasteiger partial charge in [-0.3, -0.25) is 9.59 Å². The van der Waals surface area contributed by atoms with Crippen LogP contribution in [0.4, 0.5) is 0 Å². The predicted octanol–water partition coefficient (Wildman–Crippen LogP) is 2.92. The summed E-state index contributed by atoms with van der Waals surface area (Å²) >= 11 is 0. The summed E-state index contributed by atoms with van der Waals surface area (Å²) in [5.74, 6) is 1.07. The molecule has 0 bridgehead atoms. The Bertz CT molecular complexity index is 1150. The van der Waals surface area contributed by atoms with E-state index in [-0.39, 0.29) is 11.8 Å². The summed E-state index contributed by atoms with van der Waals surface area (Å²) in [4.78, 5) is 32.6. The van der Waals surface area contributed by atoms with E-state index in [0.29, 0.717) is 65.3 Å². The number of rotatable bonds is 5. The van der Waals surface area contributed by atoms with E-state index in [1.54, 1.807) is 0 Å². The lowest BCUT2D eigenvalue weighted by atomic mass is 10.0. The summed E-state index contributed by atoms with van der Waals surface area (Å²) in [6, 6.07) is 14.1. The van der Waals surface area contributed by atoms with E-state index in [2.05, 4.69) is 11.1 Å². The van der Waals surface area contributed by atoms with Gasteiger partial charge in [0.05, 0.1) is 26.2 Å². The van der Waals surface area contributed by atoms with Crippen LogP contribution in [0.5, 0.6) is 5.75 Å². The second-order valence-corrected chi connectivity index (χ2v) is 8.64. The number of carbonyl (C=O) groups excluding carboxylic acids is 2. The fourth-order valence-corrected chi connectivity index (χ4v) is 4.59. The van der Waals surface area contributed by atoms with Gasteiger partial charge in [0.25, 0.3) is 0 Å². The van der Waals surface area contributed by atoms with Crippen molar-refractivity contribution in [2.24, 2.45) is 0 Å². The second kappa shape index (κ2) is 9.67. The third kappa shape index (κ3) is 4.88. The first-order valence-electron chi connectivity index (χ1n) is 11.6. The second-order valence-electron chi connectivity index (χ2n) is 8.64. The standard InChI is InChI=1S/C26H29N3O4/c30-25(28-9-12-32-13-10-28)8-6-19-5-7-24-21(15-19)18-29(11-14-33-24)26(31)16-20-17-27-23-4-2-1-3-22(20)23/h1-5,7,15,17,27H,6,8-14,16,18H2. The number of H-pyrrole nitrogens is 1. The van der Waals surface area contributed by atoms with E-state index in [9.17, 15) is 9.59 Å². The Morgan fingerprint density at radius 3 is 2.64 bits per heavy atom. The molecule has 7 nitrogen and oxygen atoms in total. The van der Waals surface area contributed by atoms with Crippen molar-refractivity contribution in [2.45, 2.75) is 25.8 Å². The third-order valence-electron chi connectivity index (χ3n) is 6.47. The van der Waals surface area contributed by atoms with Gasteiger partial charge in [-0.25, -0.2) is 0 Å². The van der Waals surface area contributed by atoms with E-state index in [1.165, 1.54) is 0 Å². The predicted molar refractivity (Wildman–Crippen MR) is 125 cm³/mol. The number of morpholine rings is 1. The van der Waals surface area contributed by atoms with Crippen molar-refractivity contribution in [2.75, 3.05) is 39.5 Å². The van der Waals surface area contributed by atoms with Crippen molar-refractivity contribution in [1.82, 2.24) is 14.8 Å². The average Bonchev–Trinajstić information content (AvgIpc) is 3.13. The van der Waals surface area contributed by atoms with Crippen LogP contribution in [0.3, 0.4) is 0 Å². The van der Waals surface area contributed by atoms with Gasteiger partial charge in [0.1, 0.15) is 12.4 Å². The number of hydrogen-bond donors (Lipinski definition) is 1. The number of aromatic amines is 1. The van der Waals surface area contributed by atoms with Gasteiger partial charge >= 0.3 is 0 Å². The Hall–Kier alpha value is -3.32. The molecule has 0 radical (unpaired) electrons. The number of amides is 2. The lowest BCUT2D eigenvalue weighted by Gasteiger charge is -2.26. The molecule has 0 saturated carbocycles. The molecule has 33 heavy (non-hydrogen) atoms. The summed E-state index contributed by atoms with van der Waals surface area (Å²) in [5, 5.41) is 1.09. The van der Waals surface area contributed by atoms with Crippen LogP contribution < -0.4 is 4.74 Å². The van der Waals surface area contributed by atoms with E-state index < -0.39 is 0 Å². The molecule has 2 aliphatic rings. The number of nitrogens with one attached hydrogen (secondary N) is 1. The molecule has 2 aromatic carbocycles. The lowest BCUT2D eigenvalue weighted by molar-refractivity contribution is -0.135. The first kappa shape index (κ1) is 21.5. The van der Waals surface area contributed by atoms with Gasteiger partial charge in [-0.1, -0.05) is 30.3 Å². The van der Waals surface area contributed by atoms with Crippen LogP contribution in [-0.2, 0) is 33.7 Å². The highest BCUT2D eigenvalue weighted by molar-refractivity contribution is 5.89. The zero-order valence-corrected chi connectivity index (χ0v) is 18.7. The first-order chi connectivity index (χ1) is 16.2. The maximum Gasteiger partial charge on any atom is 0.227 e. The normalized spacial score (nSPS) is 16.2. The van der Waals surface area contributed by atoms with Gasteiger partial charge in [0, 0.05) is 48.7 Å². The van der Waals surface area contributed by atoms with E-state index in [4.69, 9.17) is 9.47 Å². The third-order valence-corrected chi connectivity index (χ3v) is 6.47. The Morgan fingerprint density at radius 1 is 0.939 bits per heavy atom. The SMILES string of the molecule is O=C(CCc1ccc2c(c1)CN(C(=O)Cc1c[nH]c3ccccc13)CCO2)N1CCOCC1. The van der Waals surface area contributed by atoms with Gasteiger partial charge in [0.15, 0.2) is 0 Å². The number of carbonyl (C=O) groups is 2. The van der Waals surface area contributed by atoms with E-state index in [0.717, 1.165) is 33.3 Å². The molecule has 1 aromatic heterocycles. The Kier molecular flexibility index (Phi) is 6.30. The number of aryl methyl sites for hydroxylation is 1. The van der Waals surface area contributed by atoms with E-state index >= 15 is 0 Å². The Morgan fingerprint density at radius 2 is 1.76 bits per heavy atom. The zero-order chi connectivity index (χ0) is 22.6. The molecule has 172 valence electrons. The monoisotopic (exact) mass is 447 g/mol. The molecule has 1 N–H and O–H groups in total. The number of nitrogens with zero attached hydrogens (tertiary/aromatic N) is 2. The van der Waals surface area contributed by atoms with E-state index in [1.807, 2.05) is 52.4 Å². The maximum atomic E-state index is 13.1. The molecule has 7 heteroatoms. The quantitative estimate of drug-likeness (QED) is 0.653. The minimum Gasteiger partial charge on any atom is -0.491 e. The molecular weight excluding hydrogens is 418 g/mol. The van der Waals surface area contributed by atoms with Crippen LogP contribution in [0.15, 0.2) is 48.7 Å². The molecule has 0 aliphatic carbocycles. The molecule has 0 unspecified atom stereocenters. The van der Waals surface area contributed by atoms with Crippen LogP contribution >= 0.6 is 0 Å². The molecule has 1 fully saturated rings. The fourth-order valence-electron chi connectivity index (χ4n) is 4.59. The maximum absolute atomic E-state index is 13.1. The van der Waals surface area contributed by atoms with Gasteiger partial charge in [-0.05, 0) is 29.7 Å². The Labute approximate surface area is 193 Å². The van der Waals surface area contributed by atoms with Crippen LogP contribution in [0, 0.1) is 0 Å². The number of ether oxygens (including phenoxy) is 2. The number of para-hydroxylation sites is 1. The highest BCUT2D eigenvalue weighted by atomic mass is 16.5. The summed E-state index contributed by atoms with van der Waals surface area (Å²) in [6.07, 6.45) is 3.43. The van der Waals surface area contributed by atoms with Crippen molar-refractivity contribution in [1.29, 1.82) is 0 Å². The van der Waals surface area contributed by atoms with Gasteiger partial charge < -0.3 is 24.3 Å². The molecule has 3 aromatic rings. The van der Waals surface area contributed by atoms with Crippen LogP contribution in [-0.4, -0.2) is 66.1 Å². The average molecular weight is 448 g/mol. The molecule has 5 rings (SSSR count). The smallest absolute Gasteiger partial charge is 0.227 e. The molecular formula is C26H29N3O4. The number of benzene rings is 2. The molecule has 0 atom stereocenters. The van der Waals surface area contributed by atoms with Gasteiger partial charge in [0.2, 0.25) is 11.8 Å². The minimum absolute atomic E-state index is 0.0871. The van der Waals surface area contributed by atoms with Crippen LogP contribution in [0.2, 0.25) is 0 Å². The summed E-state index contributed by atoms with van der Waals surface area (Å²) in [7, 11) is 0. The molecule has 2 amide bonds. The summed E-state index contributed by atoms with van der Waals surface area (Å²) in [5.41, 5.74) is 4.14. The van der Waals surface area contributed by atoms with Crippen LogP contribution in [0.1, 0.15) is 23.1 Å². The summed E-state index contributed by atoms with van der Waals surface area (Å²) < 4.78 is 11.2. The van der Waals surface area contributed by atoms with Crippen molar-refractivity contribution >= 4 is 22.7 Å². The molecule has 2 aliphatic heterocycles. The minimum atomic E-state index is 0.0871. The highest BCUT2D eigenvalue weighted by Crippen LogP contribution is 2.26. The number of fused-ring (bicyclic) bond motifs is 2. The topological polar surface area (TPSA) is 74.9 Å². The van der Waals surface area contributed by atoms with Crippen molar-refractivity contribution in [3.05, 3.63) is 65.4 Å². The van der Waals surface area contributed by atoms with Crippen molar-refractivity contribution < 1.29 is 19.1 Å². The van der Waals surface area contributed by atoms with Crippen LogP contribution in [0.25, 0.3) is 10.9 Å². The molecule has 1 saturated heterocycles.